The van der Waals surface area contributed by atoms with Gasteiger partial charge in [0.05, 0.1) is 0 Å². The zero-order valence-corrected chi connectivity index (χ0v) is 4.55. The molecule has 0 aromatic rings. The number of hydrogen-bond acceptors (Lipinski definition) is 0. The van der Waals surface area contributed by atoms with E-state index >= 15 is 0 Å². The third-order valence-electron chi connectivity index (χ3n) is 0.189. The zero-order chi connectivity index (χ0) is 3.41. The first-order valence-corrected chi connectivity index (χ1v) is 2.01. The van der Waals surface area contributed by atoms with Gasteiger partial charge < -0.3 is 0 Å². The Kier molecular flexibility index (Phi) is 16.5. The molecule has 0 aliphatic rings. The minimum atomic E-state index is 0. The summed E-state index contributed by atoms with van der Waals surface area (Å²) in [7, 11) is 0. The fourth-order valence-corrected chi connectivity index (χ4v) is 0. The van der Waals surface area contributed by atoms with Crippen molar-refractivity contribution < 1.29 is 0 Å². The van der Waals surface area contributed by atoms with E-state index in [0.29, 0.717) is 0 Å². The van der Waals surface area contributed by atoms with E-state index in [9.17, 15) is 0 Å². The second-order valence-electron chi connectivity index (χ2n) is 0.689. The fourth-order valence-electron chi connectivity index (χ4n) is 0. The molecule has 5 heavy (non-hydrogen) atoms. The van der Waals surface area contributed by atoms with Crippen LogP contribution in [0.3, 0.4) is 0 Å². The molecule has 0 unspecified atom stereocenters. The van der Waals surface area contributed by atoms with Gasteiger partial charge in [0.15, 0.2) is 0 Å². The van der Waals surface area contributed by atoms with E-state index in [1.165, 1.54) is 0 Å². The molecule has 0 bridgehead atoms. The van der Waals surface area contributed by atoms with E-state index in [1.54, 1.807) is 0 Å². The van der Waals surface area contributed by atoms with E-state index in [2.05, 4.69) is 0 Å². The Morgan fingerprint density at radius 1 is 1.60 bits per heavy atom. The van der Waals surface area contributed by atoms with Crippen LogP contribution in [0.25, 0.3) is 0 Å². The van der Waals surface area contributed by atoms with Gasteiger partial charge in [-0.25, -0.2) is 0 Å². The summed E-state index contributed by atoms with van der Waals surface area (Å²) in [6.45, 7) is 2.05. The van der Waals surface area contributed by atoms with E-state index in [1.807, 2.05) is 6.92 Å². The van der Waals surface area contributed by atoms with Crippen molar-refractivity contribution in [2.24, 2.45) is 0 Å². The molecule has 0 aromatic heterocycles. The van der Waals surface area contributed by atoms with Gasteiger partial charge in [0, 0.05) is 24.7 Å². The van der Waals surface area contributed by atoms with Crippen molar-refractivity contribution >= 4 is 30.5 Å². The largest absolute Gasteiger partial charge is 0.127 e. The quantitative estimate of drug-likeness (QED) is 0.332. The molecule has 0 N–H and O–H groups in total. The van der Waals surface area contributed by atoms with Crippen LogP contribution in [0.15, 0.2) is 0 Å². The van der Waals surface area contributed by atoms with Gasteiger partial charge in [0.2, 0.25) is 0 Å². The topological polar surface area (TPSA) is 0 Å². The van der Waals surface area contributed by atoms with Gasteiger partial charge in [0.1, 0.15) is 0 Å². The van der Waals surface area contributed by atoms with Crippen molar-refractivity contribution in [1.29, 1.82) is 0 Å². The average molecular weight is 85.5 g/mol. The van der Waals surface area contributed by atoms with Gasteiger partial charge in [-0.15, -0.1) is 11.6 Å². The third kappa shape index (κ3) is 11.4. The predicted molar refractivity (Wildman–Crippen MR) is 26.8 cm³/mol. The summed E-state index contributed by atoms with van der Waals surface area (Å²) in [5.41, 5.74) is 0. The van der Waals surface area contributed by atoms with Gasteiger partial charge in [-0.2, -0.15) is 0 Å². The maximum absolute atomic E-state index is 5.19. The van der Waals surface area contributed by atoms with Gasteiger partial charge in [-0.3, -0.25) is 0 Å². The average Bonchev–Trinajstić information content (AvgIpc) is 1.37. The van der Waals surface area contributed by atoms with Crippen LogP contribution in [0.2, 0.25) is 0 Å². The monoisotopic (exact) mass is 85.0 g/mol. The van der Waals surface area contributed by atoms with E-state index in [0.717, 1.165) is 12.3 Å². The van der Waals surface area contributed by atoms with Crippen LogP contribution in [0, 0.1) is 0 Å². The Hall–Kier alpha value is 0.887. The Balaban J connectivity index is 0. The van der Waals surface area contributed by atoms with Crippen molar-refractivity contribution in [3.63, 3.8) is 0 Å². The van der Waals surface area contributed by atoms with Crippen molar-refractivity contribution in [2.45, 2.75) is 13.3 Å². The molecule has 0 fully saturated rings. The summed E-state index contributed by atoms with van der Waals surface area (Å²) in [5.74, 6) is 0.792. The summed E-state index contributed by atoms with van der Waals surface area (Å²) in [6.07, 6.45) is 1.08. The molecular formula is C3H7ClLi. The van der Waals surface area contributed by atoms with Crippen LogP contribution < -0.4 is 0 Å². The minimum absolute atomic E-state index is 0. The summed E-state index contributed by atoms with van der Waals surface area (Å²) in [4.78, 5) is 0. The molecule has 0 spiro atoms. The van der Waals surface area contributed by atoms with E-state index in [-0.39, 0.29) is 18.9 Å². The standard InChI is InChI=1S/C3H7Cl.Li/c1-2-3-4;/h2-3H2,1H3;. The Labute approximate surface area is 50.1 Å². The van der Waals surface area contributed by atoms with E-state index in [4.69, 9.17) is 11.6 Å². The van der Waals surface area contributed by atoms with Gasteiger partial charge in [-0.05, 0) is 6.42 Å². The molecule has 0 atom stereocenters. The molecule has 0 saturated heterocycles. The Bertz CT molecular complexity index is 8.85. The first-order valence-electron chi connectivity index (χ1n) is 1.47. The molecule has 0 aromatic carbocycles. The summed E-state index contributed by atoms with van der Waals surface area (Å²) < 4.78 is 0. The van der Waals surface area contributed by atoms with Crippen LogP contribution in [-0.2, 0) is 0 Å². The summed E-state index contributed by atoms with van der Waals surface area (Å²) in [5, 5.41) is 0. The van der Waals surface area contributed by atoms with Crippen molar-refractivity contribution in [1.82, 2.24) is 0 Å². The molecular weight excluding hydrogens is 78.4 g/mol. The van der Waals surface area contributed by atoms with Crippen LogP contribution in [-0.4, -0.2) is 24.7 Å². The summed E-state index contributed by atoms with van der Waals surface area (Å²) in [6, 6.07) is 0. The van der Waals surface area contributed by atoms with Crippen LogP contribution in [0.1, 0.15) is 13.3 Å². The molecule has 2 heteroatoms. The number of rotatable bonds is 1. The second-order valence-corrected chi connectivity index (χ2v) is 1.07. The van der Waals surface area contributed by atoms with Crippen LogP contribution in [0.4, 0.5) is 0 Å². The summed E-state index contributed by atoms with van der Waals surface area (Å²) >= 11 is 5.19. The molecule has 0 heterocycles. The van der Waals surface area contributed by atoms with Gasteiger partial charge >= 0.3 is 0 Å². The molecule has 1 radical (unpaired) electrons. The molecule has 0 nitrogen and oxygen atoms in total. The Morgan fingerprint density at radius 3 is 1.80 bits per heavy atom. The minimum Gasteiger partial charge on any atom is -0.127 e. The van der Waals surface area contributed by atoms with Crippen molar-refractivity contribution in [3.8, 4) is 0 Å². The van der Waals surface area contributed by atoms with Crippen LogP contribution in [0.5, 0.6) is 0 Å². The number of halogens is 1. The Morgan fingerprint density at radius 2 is 1.80 bits per heavy atom. The van der Waals surface area contributed by atoms with Gasteiger partial charge in [0.25, 0.3) is 0 Å². The molecule has 0 amide bonds. The normalized spacial score (nSPS) is 6.00. The maximum Gasteiger partial charge on any atom is 0.0220 e. The van der Waals surface area contributed by atoms with Crippen molar-refractivity contribution in [2.75, 3.05) is 5.88 Å². The zero-order valence-electron chi connectivity index (χ0n) is 3.79. The molecule has 0 saturated carbocycles. The van der Waals surface area contributed by atoms with Crippen LogP contribution >= 0.6 is 11.6 Å². The molecule has 0 aliphatic carbocycles. The first kappa shape index (κ1) is 9.31. The molecule has 27 valence electrons. The predicted octanol–water partition coefficient (Wildman–Crippen LogP) is 1.25. The smallest absolute Gasteiger partial charge is 0.0220 e. The van der Waals surface area contributed by atoms with Crippen molar-refractivity contribution in [3.05, 3.63) is 0 Å². The second kappa shape index (κ2) is 8.86. The van der Waals surface area contributed by atoms with E-state index < -0.39 is 0 Å². The SMILES string of the molecule is CCCCl.[Li]. The number of alkyl halides is 1. The molecule has 0 aliphatic heterocycles. The third-order valence-corrected chi connectivity index (χ3v) is 0.567. The fraction of sp³-hybridized carbons (Fsp3) is 1.00. The maximum atomic E-state index is 5.19. The molecule has 0 rings (SSSR count). The number of hydrogen-bond donors (Lipinski definition) is 0. The first-order chi connectivity index (χ1) is 1.91. The van der Waals surface area contributed by atoms with Gasteiger partial charge in [-0.1, -0.05) is 6.92 Å².